The predicted molar refractivity (Wildman–Crippen MR) is 117 cm³/mol. The van der Waals surface area contributed by atoms with Crippen LogP contribution in [0.4, 0.5) is 5.69 Å². The Bertz CT molecular complexity index is 687. The number of rotatable bonds is 5. The minimum absolute atomic E-state index is 0.0161. The summed E-state index contributed by atoms with van der Waals surface area (Å²) in [7, 11) is 0. The summed E-state index contributed by atoms with van der Waals surface area (Å²) in [5.41, 5.74) is 2.01. The summed E-state index contributed by atoms with van der Waals surface area (Å²) < 4.78 is 0. The standard InChI is InChI=1S/C23H36N4O2/c1-17-8-10-21(11-9-17)24-22(28)16-25-12-14-26(15-13-25)20(4)23(29)27-18(2)6-5-7-19(27)3/h8-11,18-20H,5-7,12-16H2,1-4H3,(H,24,28)/t18-,19+,20-/m1/s1. The SMILES string of the molecule is Cc1ccc(NC(=O)CN2CCN([C@H](C)C(=O)N3[C@H](C)CCC[C@@H]3C)CC2)cc1. The molecular weight excluding hydrogens is 364 g/mol. The first-order valence-corrected chi connectivity index (χ1v) is 11.0. The monoisotopic (exact) mass is 400 g/mol. The van der Waals surface area contributed by atoms with E-state index in [2.05, 4.69) is 33.9 Å². The van der Waals surface area contributed by atoms with Gasteiger partial charge < -0.3 is 10.2 Å². The van der Waals surface area contributed by atoms with Gasteiger partial charge in [0.05, 0.1) is 12.6 Å². The lowest BCUT2D eigenvalue weighted by Gasteiger charge is -2.44. The summed E-state index contributed by atoms with van der Waals surface area (Å²) in [6.07, 6.45) is 3.42. The third-order valence-electron chi connectivity index (χ3n) is 6.46. The molecule has 0 unspecified atom stereocenters. The van der Waals surface area contributed by atoms with Gasteiger partial charge in [0, 0.05) is 44.0 Å². The molecule has 2 amide bonds. The Morgan fingerprint density at radius 1 is 1.03 bits per heavy atom. The smallest absolute Gasteiger partial charge is 0.240 e. The number of likely N-dealkylation sites (tertiary alicyclic amines) is 1. The molecule has 2 heterocycles. The Morgan fingerprint density at radius 2 is 1.62 bits per heavy atom. The van der Waals surface area contributed by atoms with Crippen LogP contribution in [0.15, 0.2) is 24.3 Å². The summed E-state index contributed by atoms with van der Waals surface area (Å²) in [4.78, 5) is 32.0. The summed E-state index contributed by atoms with van der Waals surface area (Å²) in [6, 6.07) is 8.43. The topological polar surface area (TPSA) is 55.9 Å². The fourth-order valence-electron chi connectivity index (χ4n) is 4.58. The Labute approximate surface area is 175 Å². The van der Waals surface area contributed by atoms with Crippen LogP contribution in [0.1, 0.15) is 45.6 Å². The molecular formula is C23H36N4O2. The summed E-state index contributed by atoms with van der Waals surface area (Å²) in [6.45, 7) is 12.1. The van der Waals surface area contributed by atoms with Gasteiger partial charge in [-0.1, -0.05) is 17.7 Å². The van der Waals surface area contributed by atoms with E-state index in [-0.39, 0.29) is 17.9 Å². The minimum atomic E-state index is -0.0958. The van der Waals surface area contributed by atoms with Crippen molar-refractivity contribution in [1.29, 1.82) is 0 Å². The van der Waals surface area contributed by atoms with Gasteiger partial charge in [0.15, 0.2) is 0 Å². The molecule has 160 valence electrons. The second kappa shape index (κ2) is 9.72. The Balaban J connectivity index is 1.46. The third kappa shape index (κ3) is 5.58. The van der Waals surface area contributed by atoms with E-state index in [4.69, 9.17) is 0 Å². The molecule has 6 heteroatoms. The van der Waals surface area contributed by atoms with Gasteiger partial charge in [-0.2, -0.15) is 0 Å². The van der Waals surface area contributed by atoms with Gasteiger partial charge in [-0.05, 0) is 59.1 Å². The van der Waals surface area contributed by atoms with Gasteiger partial charge in [-0.25, -0.2) is 0 Å². The normalized spacial score (nSPS) is 24.9. The number of benzene rings is 1. The molecule has 3 rings (SSSR count). The van der Waals surface area contributed by atoms with Crippen LogP contribution in [0.3, 0.4) is 0 Å². The van der Waals surface area contributed by atoms with Gasteiger partial charge in [0.25, 0.3) is 0 Å². The molecule has 29 heavy (non-hydrogen) atoms. The molecule has 0 spiro atoms. The van der Waals surface area contributed by atoms with Crippen LogP contribution in [0.25, 0.3) is 0 Å². The number of piperazine rings is 1. The third-order valence-corrected chi connectivity index (χ3v) is 6.46. The first-order chi connectivity index (χ1) is 13.8. The highest BCUT2D eigenvalue weighted by molar-refractivity contribution is 5.92. The number of hydrogen-bond acceptors (Lipinski definition) is 4. The number of aryl methyl sites for hydroxylation is 1. The van der Waals surface area contributed by atoms with Gasteiger partial charge in [-0.15, -0.1) is 0 Å². The number of carbonyl (C=O) groups is 2. The largest absolute Gasteiger partial charge is 0.336 e. The zero-order valence-electron chi connectivity index (χ0n) is 18.4. The van der Waals surface area contributed by atoms with E-state index in [9.17, 15) is 9.59 Å². The second-order valence-corrected chi connectivity index (χ2v) is 8.78. The number of carbonyl (C=O) groups excluding carboxylic acids is 2. The Morgan fingerprint density at radius 3 is 2.21 bits per heavy atom. The van der Waals surface area contributed by atoms with E-state index < -0.39 is 0 Å². The Hall–Kier alpha value is -1.92. The first-order valence-electron chi connectivity index (χ1n) is 11.0. The molecule has 2 saturated heterocycles. The lowest BCUT2D eigenvalue weighted by atomic mass is 9.96. The Kier molecular flexibility index (Phi) is 7.30. The van der Waals surface area contributed by atoms with E-state index in [1.165, 1.54) is 12.0 Å². The highest BCUT2D eigenvalue weighted by Gasteiger charge is 2.35. The van der Waals surface area contributed by atoms with E-state index in [1.54, 1.807) is 0 Å². The van der Waals surface area contributed by atoms with E-state index >= 15 is 0 Å². The van der Waals surface area contributed by atoms with Crippen LogP contribution in [0.5, 0.6) is 0 Å². The van der Waals surface area contributed by atoms with Crippen LogP contribution in [-0.2, 0) is 9.59 Å². The molecule has 1 N–H and O–H groups in total. The van der Waals surface area contributed by atoms with Crippen LogP contribution in [-0.4, -0.2) is 77.4 Å². The fraction of sp³-hybridized carbons (Fsp3) is 0.652. The van der Waals surface area contributed by atoms with Gasteiger partial charge in [0.1, 0.15) is 0 Å². The van der Waals surface area contributed by atoms with Gasteiger partial charge in [0.2, 0.25) is 11.8 Å². The van der Waals surface area contributed by atoms with Crippen LogP contribution in [0.2, 0.25) is 0 Å². The molecule has 0 radical (unpaired) electrons. The number of hydrogen-bond donors (Lipinski definition) is 1. The molecule has 2 aliphatic rings. The maximum atomic E-state index is 13.1. The lowest BCUT2D eigenvalue weighted by molar-refractivity contribution is -0.143. The molecule has 2 fully saturated rings. The van der Waals surface area contributed by atoms with Crippen molar-refractivity contribution < 1.29 is 9.59 Å². The van der Waals surface area contributed by atoms with E-state index in [0.717, 1.165) is 44.7 Å². The molecule has 0 saturated carbocycles. The zero-order chi connectivity index (χ0) is 21.0. The number of amides is 2. The van der Waals surface area contributed by atoms with Crippen molar-refractivity contribution in [3.05, 3.63) is 29.8 Å². The summed E-state index contributed by atoms with van der Waals surface area (Å²) in [5, 5.41) is 2.97. The van der Waals surface area contributed by atoms with Crippen molar-refractivity contribution in [3.8, 4) is 0 Å². The van der Waals surface area contributed by atoms with Crippen LogP contribution in [0, 0.1) is 6.92 Å². The van der Waals surface area contributed by atoms with Crippen LogP contribution < -0.4 is 5.32 Å². The molecule has 2 aliphatic heterocycles. The van der Waals surface area contributed by atoms with Gasteiger partial charge in [-0.3, -0.25) is 19.4 Å². The van der Waals surface area contributed by atoms with Crippen molar-refractivity contribution in [2.45, 2.75) is 65.1 Å². The molecule has 6 nitrogen and oxygen atoms in total. The number of nitrogens with one attached hydrogen (secondary N) is 1. The second-order valence-electron chi connectivity index (χ2n) is 8.78. The highest BCUT2D eigenvalue weighted by Crippen LogP contribution is 2.24. The molecule has 3 atom stereocenters. The van der Waals surface area contributed by atoms with Crippen molar-refractivity contribution in [1.82, 2.24) is 14.7 Å². The molecule has 1 aromatic carbocycles. The number of anilines is 1. The summed E-state index contributed by atoms with van der Waals surface area (Å²) in [5.74, 6) is 0.276. The van der Waals surface area contributed by atoms with Crippen molar-refractivity contribution in [2.75, 3.05) is 38.0 Å². The zero-order valence-corrected chi connectivity index (χ0v) is 18.4. The summed E-state index contributed by atoms with van der Waals surface area (Å²) >= 11 is 0. The average Bonchev–Trinajstić information content (AvgIpc) is 2.69. The minimum Gasteiger partial charge on any atom is -0.336 e. The number of piperidine rings is 1. The van der Waals surface area contributed by atoms with Crippen molar-refractivity contribution in [2.24, 2.45) is 0 Å². The molecule has 1 aromatic rings. The molecule has 0 aromatic heterocycles. The average molecular weight is 401 g/mol. The van der Waals surface area contributed by atoms with Crippen molar-refractivity contribution in [3.63, 3.8) is 0 Å². The predicted octanol–water partition coefficient (Wildman–Crippen LogP) is 2.73. The highest BCUT2D eigenvalue weighted by atomic mass is 16.2. The fourth-order valence-corrected chi connectivity index (χ4v) is 4.58. The van der Waals surface area contributed by atoms with Crippen molar-refractivity contribution >= 4 is 17.5 Å². The van der Waals surface area contributed by atoms with Gasteiger partial charge >= 0.3 is 0 Å². The lowest BCUT2D eigenvalue weighted by Crippen LogP contribution is -2.58. The maximum absolute atomic E-state index is 13.1. The van der Waals surface area contributed by atoms with Crippen LogP contribution >= 0.6 is 0 Å². The quantitative estimate of drug-likeness (QED) is 0.826. The first kappa shape index (κ1) is 21.8. The molecule has 0 bridgehead atoms. The maximum Gasteiger partial charge on any atom is 0.240 e. The molecule has 0 aliphatic carbocycles. The van der Waals surface area contributed by atoms with E-state index in [0.29, 0.717) is 18.6 Å². The van der Waals surface area contributed by atoms with E-state index in [1.807, 2.05) is 38.1 Å². The number of nitrogens with zero attached hydrogens (tertiary/aromatic N) is 3.